The largest absolute Gasteiger partial charge is 0.465 e. The highest BCUT2D eigenvalue weighted by Gasteiger charge is 2.19. The van der Waals surface area contributed by atoms with E-state index in [0.29, 0.717) is 17.2 Å². The number of methoxy groups -OCH3 is 2. The molecule has 0 radical (unpaired) electrons. The molecule has 6 nitrogen and oxygen atoms in total. The molecular formula is C16H16ClNO5. The number of nitrogens with two attached hydrogens (primary N) is 1. The minimum absolute atomic E-state index is 0. The molecule has 0 atom stereocenters. The van der Waals surface area contributed by atoms with Crippen LogP contribution in [0.2, 0.25) is 0 Å². The molecule has 0 fully saturated rings. The van der Waals surface area contributed by atoms with Gasteiger partial charge in [0.25, 0.3) is 0 Å². The van der Waals surface area contributed by atoms with Crippen molar-refractivity contribution in [1.29, 1.82) is 0 Å². The van der Waals surface area contributed by atoms with Crippen molar-refractivity contribution in [2.24, 2.45) is 0 Å². The van der Waals surface area contributed by atoms with E-state index in [1.807, 2.05) is 0 Å². The Labute approximate surface area is 139 Å². The van der Waals surface area contributed by atoms with E-state index in [4.69, 9.17) is 10.5 Å². The summed E-state index contributed by atoms with van der Waals surface area (Å²) in [6.45, 7) is 0. The molecule has 2 N–H and O–H groups in total. The Morgan fingerprint density at radius 3 is 2.13 bits per heavy atom. The number of ether oxygens (including phenoxy) is 3. The van der Waals surface area contributed by atoms with Gasteiger partial charge in [0.2, 0.25) is 0 Å². The third kappa shape index (κ3) is 4.14. The zero-order chi connectivity index (χ0) is 16.1. The first kappa shape index (κ1) is 18.3. The predicted octanol–water partition coefficient (Wildman–Crippen LogP) is 3.06. The molecule has 2 aromatic carbocycles. The molecule has 23 heavy (non-hydrogen) atoms. The Bertz CT molecular complexity index is 717. The number of halogens is 1. The van der Waals surface area contributed by atoms with E-state index in [1.54, 1.807) is 30.3 Å². The molecule has 0 heterocycles. The van der Waals surface area contributed by atoms with Crippen molar-refractivity contribution in [1.82, 2.24) is 0 Å². The zero-order valence-corrected chi connectivity index (χ0v) is 13.4. The maximum atomic E-state index is 11.8. The average molecular weight is 338 g/mol. The van der Waals surface area contributed by atoms with Crippen molar-refractivity contribution in [2.45, 2.75) is 0 Å². The predicted molar refractivity (Wildman–Crippen MR) is 87.3 cm³/mol. The SMILES string of the molecule is COC(=O)c1ccc(Oc2ccccc2N)cc1C(=O)OC.Cl. The monoisotopic (exact) mass is 337 g/mol. The molecule has 122 valence electrons. The van der Waals surface area contributed by atoms with E-state index in [2.05, 4.69) is 9.47 Å². The molecule has 0 amide bonds. The van der Waals surface area contributed by atoms with E-state index in [-0.39, 0.29) is 23.5 Å². The summed E-state index contributed by atoms with van der Waals surface area (Å²) in [7, 11) is 2.46. The second-order valence-corrected chi connectivity index (χ2v) is 4.33. The molecule has 0 aromatic heterocycles. The van der Waals surface area contributed by atoms with Gasteiger partial charge >= 0.3 is 11.9 Å². The van der Waals surface area contributed by atoms with Crippen LogP contribution in [0.25, 0.3) is 0 Å². The van der Waals surface area contributed by atoms with Crippen LogP contribution in [0, 0.1) is 0 Å². The molecule has 7 heteroatoms. The zero-order valence-electron chi connectivity index (χ0n) is 12.6. The van der Waals surface area contributed by atoms with Gasteiger partial charge in [-0.3, -0.25) is 0 Å². The van der Waals surface area contributed by atoms with E-state index < -0.39 is 11.9 Å². The molecule has 2 aromatic rings. The lowest BCUT2D eigenvalue weighted by molar-refractivity contribution is 0.0555. The van der Waals surface area contributed by atoms with Gasteiger partial charge in [0, 0.05) is 0 Å². The topological polar surface area (TPSA) is 87.9 Å². The number of benzene rings is 2. The van der Waals surface area contributed by atoms with Crippen molar-refractivity contribution in [3.05, 3.63) is 53.6 Å². The summed E-state index contributed by atoms with van der Waals surface area (Å²) >= 11 is 0. The fraction of sp³-hybridized carbons (Fsp3) is 0.125. The highest BCUT2D eigenvalue weighted by atomic mass is 35.5. The molecule has 2 rings (SSSR count). The van der Waals surface area contributed by atoms with Gasteiger partial charge in [-0.05, 0) is 30.3 Å². The lowest BCUT2D eigenvalue weighted by Crippen LogP contribution is -2.11. The van der Waals surface area contributed by atoms with Crippen LogP contribution in [-0.4, -0.2) is 26.2 Å². The van der Waals surface area contributed by atoms with Crippen LogP contribution < -0.4 is 10.5 Å². The molecule has 0 saturated heterocycles. The van der Waals surface area contributed by atoms with Crippen LogP contribution in [-0.2, 0) is 9.47 Å². The van der Waals surface area contributed by atoms with Crippen molar-refractivity contribution < 1.29 is 23.8 Å². The van der Waals surface area contributed by atoms with Gasteiger partial charge in [-0.1, -0.05) is 12.1 Å². The number of hydrogen-bond donors (Lipinski definition) is 1. The van der Waals surface area contributed by atoms with Crippen LogP contribution in [0.3, 0.4) is 0 Å². The molecule has 0 bridgehead atoms. The summed E-state index contributed by atoms with van der Waals surface area (Å²) in [6, 6.07) is 11.3. The Morgan fingerprint density at radius 1 is 0.913 bits per heavy atom. The maximum absolute atomic E-state index is 11.8. The molecule has 0 saturated carbocycles. The summed E-state index contributed by atoms with van der Waals surface area (Å²) in [6.07, 6.45) is 0. The van der Waals surface area contributed by atoms with Crippen LogP contribution in [0.1, 0.15) is 20.7 Å². The number of esters is 2. The fourth-order valence-corrected chi connectivity index (χ4v) is 1.85. The second kappa shape index (κ2) is 8.05. The van der Waals surface area contributed by atoms with Crippen LogP contribution in [0.4, 0.5) is 5.69 Å². The lowest BCUT2D eigenvalue weighted by Gasteiger charge is -2.11. The normalized spacial score (nSPS) is 9.48. The Morgan fingerprint density at radius 2 is 1.52 bits per heavy atom. The number of anilines is 1. The summed E-state index contributed by atoms with van der Waals surface area (Å²) in [5.41, 5.74) is 6.42. The van der Waals surface area contributed by atoms with Gasteiger partial charge in [-0.15, -0.1) is 12.4 Å². The number of nitrogen functional groups attached to an aromatic ring is 1. The minimum atomic E-state index is -0.660. The Hall–Kier alpha value is -2.73. The highest BCUT2D eigenvalue weighted by molar-refractivity contribution is 6.03. The van der Waals surface area contributed by atoms with Crippen molar-refractivity contribution in [3.8, 4) is 11.5 Å². The summed E-state index contributed by atoms with van der Waals surface area (Å²) in [4.78, 5) is 23.5. The molecule has 0 spiro atoms. The van der Waals surface area contributed by atoms with Crippen molar-refractivity contribution >= 4 is 30.0 Å². The molecule has 0 aliphatic rings. The number of carbonyl (C=O) groups is 2. The first-order valence-electron chi connectivity index (χ1n) is 6.40. The summed E-state index contributed by atoms with van der Waals surface area (Å²) < 4.78 is 14.9. The quantitative estimate of drug-likeness (QED) is 0.681. The van der Waals surface area contributed by atoms with Gasteiger partial charge in [0.15, 0.2) is 0 Å². The summed E-state index contributed by atoms with van der Waals surface area (Å²) in [5, 5.41) is 0. The highest BCUT2D eigenvalue weighted by Crippen LogP contribution is 2.28. The molecule has 0 unspecified atom stereocenters. The molecular weight excluding hydrogens is 322 g/mol. The second-order valence-electron chi connectivity index (χ2n) is 4.33. The average Bonchev–Trinajstić information content (AvgIpc) is 2.55. The summed E-state index contributed by atoms with van der Waals surface area (Å²) in [5.74, 6) is -0.492. The Kier molecular flexibility index (Phi) is 6.41. The molecule has 0 aliphatic carbocycles. The lowest BCUT2D eigenvalue weighted by atomic mass is 10.1. The van der Waals surface area contributed by atoms with Gasteiger partial charge < -0.3 is 19.9 Å². The number of carbonyl (C=O) groups excluding carboxylic acids is 2. The first-order chi connectivity index (χ1) is 10.6. The standard InChI is InChI=1S/C16H15NO5.ClH/c1-20-15(18)11-8-7-10(9-12(11)16(19)21-2)22-14-6-4-3-5-13(14)17;/h3-9H,17H2,1-2H3;1H. The maximum Gasteiger partial charge on any atom is 0.338 e. The number of hydrogen-bond acceptors (Lipinski definition) is 6. The number of para-hydroxylation sites is 2. The van der Waals surface area contributed by atoms with Gasteiger partial charge in [0.05, 0.1) is 31.0 Å². The fourth-order valence-electron chi connectivity index (χ4n) is 1.85. The third-order valence-electron chi connectivity index (χ3n) is 2.95. The smallest absolute Gasteiger partial charge is 0.338 e. The van der Waals surface area contributed by atoms with Gasteiger partial charge in [-0.25, -0.2) is 9.59 Å². The first-order valence-corrected chi connectivity index (χ1v) is 6.40. The van der Waals surface area contributed by atoms with E-state index >= 15 is 0 Å². The van der Waals surface area contributed by atoms with Crippen LogP contribution >= 0.6 is 12.4 Å². The van der Waals surface area contributed by atoms with E-state index in [1.165, 1.54) is 26.4 Å². The van der Waals surface area contributed by atoms with Gasteiger partial charge in [0.1, 0.15) is 11.5 Å². The van der Waals surface area contributed by atoms with Crippen LogP contribution in [0.15, 0.2) is 42.5 Å². The van der Waals surface area contributed by atoms with E-state index in [0.717, 1.165) is 0 Å². The minimum Gasteiger partial charge on any atom is -0.465 e. The van der Waals surface area contributed by atoms with Crippen molar-refractivity contribution in [2.75, 3.05) is 20.0 Å². The third-order valence-corrected chi connectivity index (χ3v) is 2.95. The Balaban J connectivity index is 0.00000264. The van der Waals surface area contributed by atoms with Crippen molar-refractivity contribution in [3.63, 3.8) is 0 Å². The van der Waals surface area contributed by atoms with Gasteiger partial charge in [-0.2, -0.15) is 0 Å². The van der Waals surface area contributed by atoms with Crippen LogP contribution in [0.5, 0.6) is 11.5 Å². The molecule has 0 aliphatic heterocycles. The van der Waals surface area contributed by atoms with E-state index in [9.17, 15) is 9.59 Å². The number of rotatable bonds is 4.